The number of rotatable bonds is 4. The van der Waals surface area contributed by atoms with Gasteiger partial charge in [0.05, 0.1) is 10.6 Å². The van der Waals surface area contributed by atoms with Crippen LogP contribution in [0, 0.1) is 11.7 Å². The fourth-order valence-electron chi connectivity index (χ4n) is 1.17. The molecule has 0 radical (unpaired) electrons. The van der Waals surface area contributed by atoms with Gasteiger partial charge in [-0.05, 0) is 30.2 Å². The van der Waals surface area contributed by atoms with Crippen LogP contribution in [0.15, 0.2) is 29.2 Å². The first kappa shape index (κ1) is 12.1. The fourth-order valence-corrected chi connectivity index (χ4v) is 2.76. The van der Waals surface area contributed by atoms with Crippen LogP contribution in [-0.2, 0) is 9.84 Å². The van der Waals surface area contributed by atoms with Crippen LogP contribution in [0.3, 0.4) is 0 Å². The highest BCUT2D eigenvalue weighted by atomic mass is 32.2. The molecule has 15 heavy (non-hydrogen) atoms. The molecule has 3 nitrogen and oxygen atoms in total. The molecule has 5 heteroatoms. The topological polar surface area (TPSA) is 54.4 Å². The highest BCUT2D eigenvalue weighted by molar-refractivity contribution is 7.91. The second-order valence-electron chi connectivity index (χ2n) is 3.52. The molecule has 0 heterocycles. The van der Waals surface area contributed by atoms with Crippen molar-refractivity contribution in [3.05, 3.63) is 30.1 Å². The Morgan fingerprint density at radius 1 is 1.33 bits per heavy atom. The predicted molar refractivity (Wildman–Crippen MR) is 54.7 cm³/mol. The van der Waals surface area contributed by atoms with Crippen LogP contribution in [0.5, 0.6) is 0 Å². The molecule has 0 aliphatic rings. The number of halogens is 1. The van der Waals surface area contributed by atoms with E-state index in [4.69, 9.17) is 5.11 Å². The Kier molecular flexibility index (Phi) is 3.82. The number of aliphatic hydroxyl groups is 1. The standard InChI is InChI=1S/C10H13FO3S/c1-8(6-12)7-15(13,14)10-4-2-9(11)3-5-10/h2-5,8,12H,6-7H2,1H3. The zero-order chi connectivity index (χ0) is 11.5. The third-order valence-electron chi connectivity index (χ3n) is 1.99. The quantitative estimate of drug-likeness (QED) is 0.794. The van der Waals surface area contributed by atoms with Gasteiger partial charge in [0.15, 0.2) is 9.84 Å². The van der Waals surface area contributed by atoms with Crippen molar-refractivity contribution < 1.29 is 17.9 Å². The lowest BCUT2D eigenvalue weighted by Crippen LogP contribution is -2.16. The van der Waals surface area contributed by atoms with Gasteiger partial charge in [0, 0.05) is 6.61 Å². The van der Waals surface area contributed by atoms with E-state index in [-0.39, 0.29) is 23.2 Å². The lowest BCUT2D eigenvalue weighted by molar-refractivity contribution is 0.249. The Balaban J connectivity index is 2.91. The van der Waals surface area contributed by atoms with Gasteiger partial charge in [0.2, 0.25) is 0 Å². The summed E-state index contributed by atoms with van der Waals surface area (Å²) in [5, 5.41) is 8.76. The van der Waals surface area contributed by atoms with Gasteiger partial charge in [0.1, 0.15) is 5.82 Å². The summed E-state index contributed by atoms with van der Waals surface area (Å²) in [6, 6.07) is 4.68. The Bertz CT molecular complexity index is 411. The summed E-state index contributed by atoms with van der Waals surface area (Å²) < 4.78 is 35.9. The van der Waals surface area contributed by atoms with Gasteiger partial charge in [-0.15, -0.1) is 0 Å². The van der Waals surface area contributed by atoms with E-state index < -0.39 is 15.7 Å². The van der Waals surface area contributed by atoms with Crippen LogP contribution in [0.2, 0.25) is 0 Å². The lowest BCUT2D eigenvalue weighted by Gasteiger charge is -2.08. The highest BCUT2D eigenvalue weighted by Gasteiger charge is 2.17. The monoisotopic (exact) mass is 232 g/mol. The molecule has 0 aliphatic carbocycles. The molecule has 84 valence electrons. The minimum Gasteiger partial charge on any atom is -0.396 e. The zero-order valence-electron chi connectivity index (χ0n) is 8.35. The summed E-state index contributed by atoms with van der Waals surface area (Å²) in [7, 11) is -3.42. The number of hydrogen-bond donors (Lipinski definition) is 1. The van der Waals surface area contributed by atoms with Crippen molar-refractivity contribution >= 4 is 9.84 Å². The third-order valence-corrected chi connectivity index (χ3v) is 3.99. The molecule has 1 N–H and O–H groups in total. The maximum atomic E-state index is 12.6. The molecule has 0 aliphatic heterocycles. The summed E-state index contributed by atoms with van der Waals surface area (Å²) in [5.74, 6) is -0.918. The second-order valence-corrected chi connectivity index (χ2v) is 5.56. The van der Waals surface area contributed by atoms with E-state index in [0.717, 1.165) is 12.1 Å². The van der Waals surface area contributed by atoms with Gasteiger partial charge in [-0.3, -0.25) is 0 Å². The van der Waals surface area contributed by atoms with E-state index in [1.54, 1.807) is 6.92 Å². The van der Waals surface area contributed by atoms with Crippen LogP contribution < -0.4 is 0 Å². The van der Waals surface area contributed by atoms with Crippen molar-refractivity contribution in [2.75, 3.05) is 12.4 Å². The van der Waals surface area contributed by atoms with Crippen molar-refractivity contribution in [3.63, 3.8) is 0 Å². The maximum absolute atomic E-state index is 12.6. The number of aliphatic hydroxyl groups excluding tert-OH is 1. The Hall–Kier alpha value is -0.940. The van der Waals surface area contributed by atoms with Crippen LogP contribution in [-0.4, -0.2) is 25.9 Å². The van der Waals surface area contributed by atoms with E-state index in [1.807, 2.05) is 0 Å². The molecule has 1 rings (SSSR count). The molecule has 1 aromatic carbocycles. The van der Waals surface area contributed by atoms with Crippen LogP contribution in [0.4, 0.5) is 4.39 Å². The van der Waals surface area contributed by atoms with Crippen LogP contribution >= 0.6 is 0 Å². The highest BCUT2D eigenvalue weighted by Crippen LogP contribution is 2.14. The van der Waals surface area contributed by atoms with E-state index in [9.17, 15) is 12.8 Å². The zero-order valence-corrected chi connectivity index (χ0v) is 9.17. The molecular formula is C10H13FO3S. The molecule has 0 fully saturated rings. The molecule has 0 bridgehead atoms. The van der Waals surface area contributed by atoms with Crippen LogP contribution in [0.25, 0.3) is 0 Å². The average molecular weight is 232 g/mol. The summed E-state index contributed by atoms with van der Waals surface area (Å²) in [6.45, 7) is 1.46. The minimum absolute atomic E-state index is 0.0872. The van der Waals surface area contributed by atoms with Gasteiger partial charge in [-0.1, -0.05) is 6.92 Å². The number of benzene rings is 1. The van der Waals surface area contributed by atoms with Crippen molar-refractivity contribution in [1.29, 1.82) is 0 Å². The summed E-state index contributed by atoms with van der Waals surface area (Å²) >= 11 is 0. The average Bonchev–Trinajstić information content (AvgIpc) is 2.17. The van der Waals surface area contributed by atoms with E-state index in [1.165, 1.54) is 12.1 Å². The summed E-state index contributed by atoms with van der Waals surface area (Å²) in [4.78, 5) is 0.0872. The first-order chi connectivity index (χ1) is 6.95. The molecule has 1 unspecified atom stereocenters. The van der Waals surface area contributed by atoms with Crippen molar-refractivity contribution in [2.45, 2.75) is 11.8 Å². The molecule has 0 amide bonds. The van der Waals surface area contributed by atoms with Gasteiger partial charge in [-0.2, -0.15) is 0 Å². The molecular weight excluding hydrogens is 219 g/mol. The molecule has 0 saturated heterocycles. The smallest absolute Gasteiger partial charge is 0.178 e. The predicted octanol–water partition coefficient (Wildman–Crippen LogP) is 1.23. The Morgan fingerprint density at radius 3 is 2.33 bits per heavy atom. The first-order valence-corrected chi connectivity index (χ1v) is 6.20. The maximum Gasteiger partial charge on any atom is 0.178 e. The molecule has 1 aromatic rings. The van der Waals surface area contributed by atoms with Gasteiger partial charge in [0.25, 0.3) is 0 Å². The van der Waals surface area contributed by atoms with Crippen molar-refractivity contribution in [2.24, 2.45) is 5.92 Å². The number of hydrogen-bond acceptors (Lipinski definition) is 3. The lowest BCUT2D eigenvalue weighted by atomic mass is 10.2. The molecule has 0 saturated carbocycles. The van der Waals surface area contributed by atoms with Gasteiger partial charge in [-0.25, -0.2) is 12.8 Å². The van der Waals surface area contributed by atoms with E-state index >= 15 is 0 Å². The largest absolute Gasteiger partial charge is 0.396 e. The normalized spacial score (nSPS) is 13.8. The van der Waals surface area contributed by atoms with Crippen molar-refractivity contribution in [1.82, 2.24) is 0 Å². The second kappa shape index (κ2) is 4.72. The minimum atomic E-state index is -3.42. The van der Waals surface area contributed by atoms with E-state index in [0.29, 0.717) is 0 Å². The SMILES string of the molecule is CC(CO)CS(=O)(=O)c1ccc(F)cc1. The first-order valence-electron chi connectivity index (χ1n) is 4.55. The Morgan fingerprint density at radius 2 is 1.87 bits per heavy atom. The number of sulfone groups is 1. The van der Waals surface area contributed by atoms with Gasteiger partial charge < -0.3 is 5.11 Å². The summed E-state index contributed by atoms with van der Waals surface area (Å²) in [5.41, 5.74) is 0. The molecule has 1 atom stereocenters. The third kappa shape index (κ3) is 3.28. The van der Waals surface area contributed by atoms with Crippen LogP contribution in [0.1, 0.15) is 6.92 Å². The molecule has 0 spiro atoms. The van der Waals surface area contributed by atoms with E-state index in [2.05, 4.69) is 0 Å². The molecule has 0 aromatic heterocycles. The fraction of sp³-hybridized carbons (Fsp3) is 0.400. The van der Waals surface area contributed by atoms with Crippen molar-refractivity contribution in [3.8, 4) is 0 Å². The van der Waals surface area contributed by atoms with Gasteiger partial charge >= 0.3 is 0 Å². The summed E-state index contributed by atoms with van der Waals surface area (Å²) in [6.07, 6.45) is 0. The Labute approximate surface area is 88.5 Å².